The minimum absolute atomic E-state index is 0.132. The predicted octanol–water partition coefficient (Wildman–Crippen LogP) is 3.82. The second-order valence-corrected chi connectivity index (χ2v) is 7.86. The Kier molecular flexibility index (Phi) is 5.80. The van der Waals surface area contributed by atoms with Crippen LogP contribution in [0, 0.1) is 6.92 Å². The van der Waals surface area contributed by atoms with Gasteiger partial charge in [-0.05, 0) is 31.2 Å². The van der Waals surface area contributed by atoms with Crippen LogP contribution in [0.3, 0.4) is 0 Å². The summed E-state index contributed by atoms with van der Waals surface area (Å²) in [7, 11) is 3.40. The monoisotopic (exact) mass is 494 g/mol. The lowest BCUT2D eigenvalue weighted by atomic mass is 10.1. The van der Waals surface area contributed by atoms with Crippen LogP contribution in [0.15, 0.2) is 55.2 Å². The Morgan fingerprint density at radius 2 is 1.92 bits per heavy atom. The molecule has 4 heterocycles. The molecule has 0 saturated heterocycles. The zero-order valence-electron chi connectivity index (χ0n) is 19.4. The number of hydrogen-bond donors (Lipinski definition) is 1. The van der Waals surface area contributed by atoms with Crippen molar-refractivity contribution in [1.82, 2.24) is 34.2 Å². The van der Waals surface area contributed by atoms with E-state index in [1.807, 2.05) is 0 Å². The van der Waals surface area contributed by atoms with E-state index in [-0.39, 0.29) is 28.3 Å². The highest BCUT2D eigenvalue weighted by atomic mass is 19.3. The molecule has 5 aromatic rings. The summed E-state index contributed by atoms with van der Waals surface area (Å²) in [6, 6.07) is 6.06. The van der Waals surface area contributed by atoms with Crippen molar-refractivity contribution >= 4 is 17.2 Å². The quantitative estimate of drug-likeness (QED) is 0.366. The molecule has 4 aromatic heterocycles. The van der Waals surface area contributed by atoms with E-state index >= 15 is 0 Å². The smallest absolute Gasteiger partial charge is 0.387 e. The number of anilines is 1. The third-order valence-electron chi connectivity index (χ3n) is 5.22. The van der Waals surface area contributed by atoms with Gasteiger partial charge in [-0.15, -0.1) is 0 Å². The van der Waals surface area contributed by atoms with Crippen molar-refractivity contribution in [1.29, 1.82) is 0 Å². The maximum absolute atomic E-state index is 13.2. The lowest BCUT2D eigenvalue weighted by Gasteiger charge is -2.13. The van der Waals surface area contributed by atoms with Crippen LogP contribution in [0.2, 0.25) is 0 Å². The number of benzene rings is 1. The Morgan fingerprint density at radius 1 is 1.11 bits per heavy atom. The zero-order valence-corrected chi connectivity index (χ0v) is 19.4. The molecular weight excluding hydrogens is 474 g/mol. The first-order chi connectivity index (χ1) is 17.3. The van der Waals surface area contributed by atoms with Gasteiger partial charge in [0, 0.05) is 32.7 Å². The summed E-state index contributed by atoms with van der Waals surface area (Å²) in [5.74, 6) is 0.221. The van der Waals surface area contributed by atoms with E-state index in [2.05, 4.69) is 25.6 Å². The molecule has 36 heavy (non-hydrogen) atoms. The molecule has 11 nitrogen and oxygen atoms in total. The molecule has 0 atom stereocenters. The first-order valence-corrected chi connectivity index (χ1v) is 10.7. The Hall–Kier alpha value is -4.81. The van der Waals surface area contributed by atoms with Crippen LogP contribution in [0.5, 0.6) is 17.2 Å². The molecule has 0 aliphatic rings. The minimum atomic E-state index is -3.07. The first-order valence-electron chi connectivity index (χ1n) is 10.7. The normalized spacial score (nSPS) is 11.3. The number of fused-ring (bicyclic) bond motifs is 1. The van der Waals surface area contributed by atoms with Gasteiger partial charge in [0.25, 0.3) is 5.91 Å². The largest absolute Gasteiger partial charge is 0.454 e. The third-order valence-corrected chi connectivity index (χ3v) is 5.22. The Bertz CT molecular complexity index is 1570. The van der Waals surface area contributed by atoms with Crippen molar-refractivity contribution in [2.24, 2.45) is 14.1 Å². The lowest BCUT2D eigenvalue weighted by Crippen LogP contribution is -2.12. The van der Waals surface area contributed by atoms with E-state index in [1.54, 1.807) is 56.6 Å². The molecule has 0 aliphatic carbocycles. The number of amides is 1. The summed E-state index contributed by atoms with van der Waals surface area (Å²) in [6.45, 7) is -1.28. The van der Waals surface area contributed by atoms with Gasteiger partial charge in [-0.3, -0.25) is 14.2 Å². The molecule has 0 fully saturated rings. The predicted molar refractivity (Wildman–Crippen MR) is 124 cm³/mol. The van der Waals surface area contributed by atoms with E-state index in [1.165, 1.54) is 33.6 Å². The molecule has 0 aliphatic heterocycles. The molecular formula is C23H20F2N8O3. The Balaban J connectivity index is 1.53. The fourth-order valence-corrected chi connectivity index (χ4v) is 3.72. The number of carbonyl (C=O) groups excluding carboxylic acids is 1. The van der Waals surface area contributed by atoms with Crippen molar-refractivity contribution in [3.63, 3.8) is 0 Å². The summed E-state index contributed by atoms with van der Waals surface area (Å²) in [5.41, 5.74) is 1.93. The fraction of sp³-hybridized carbons (Fsp3) is 0.174. The number of rotatable bonds is 7. The molecule has 13 heteroatoms. The average molecular weight is 494 g/mol. The van der Waals surface area contributed by atoms with E-state index < -0.39 is 12.5 Å². The number of ether oxygens (including phenoxy) is 2. The number of halogens is 2. The van der Waals surface area contributed by atoms with Crippen LogP contribution in [0.25, 0.3) is 16.9 Å². The highest BCUT2D eigenvalue weighted by molar-refractivity contribution is 6.09. The van der Waals surface area contributed by atoms with Crippen molar-refractivity contribution in [2.45, 2.75) is 13.5 Å². The van der Waals surface area contributed by atoms with E-state index in [9.17, 15) is 13.6 Å². The van der Waals surface area contributed by atoms with Crippen molar-refractivity contribution < 1.29 is 23.0 Å². The van der Waals surface area contributed by atoms with E-state index in [4.69, 9.17) is 9.47 Å². The van der Waals surface area contributed by atoms with Crippen LogP contribution in [0.4, 0.5) is 14.5 Å². The molecule has 0 radical (unpaired) electrons. The van der Waals surface area contributed by atoms with Crippen LogP contribution in [0.1, 0.15) is 16.1 Å². The molecule has 0 unspecified atom stereocenters. The summed E-state index contributed by atoms with van der Waals surface area (Å²) >= 11 is 0. The van der Waals surface area contributed by atoms with Crippen LogP contribution in [-0.2, 0) is 14.1 Å². The number of nitrogens with zero attached hydrogens (tertiary/aromatic N) is 7. The molecule has 1 N–H and O–H groups in total. The highest BCUT2D eigenvalue weighted by Gasteiger charge is 2.22. The Labute approximate surface area is 202 Å². The molecule has 184 valence electrons. The lowest BCUT2D eigenvalue weighted by molar-refractivity contribution is -0.0494. The van der Waals surface area contributed by atoms with Crippen molar-refractivity contribution in [3.8, 4) is 28.5 Å². The summed E-state index contributed by atoms with van der Waals surface area (Å²) < 4.78 is 41.6. The second kappa shape index (κ2) is 9.09. The van der Waals surface area contributed by atoms with Gasteiger partial charge in [0.05, 0.1) is 23.6 Å². The maximum Gasteiger partial charge on any atom is 0.387 e. The van der Waals surface area contributed by atoms with Crippen LogP contribution in [-0.4, -0.2) is 46.7 Å². The van der Waals surface area contributed by atoms with E-state index in [0.717, 1.165) is 0 Å². The van der Waals surface area contributed by atoms with Crippen molar-refractivity contribution in [2.75, 3.05) is 5.32 Å². The van der Waals surface area contributed by atoms with Gasteiger partial charge >= 0.3 is 6.61 Å². The SMILES string of the molecule is Cc1nn(C)cc1Oc1ccc(OC(F)F)c(-c2nn(C)cc2NC(=O)c2cnn3cccnc23)c1. The molecule has 0 bridgehead atoms. The topological polar surface area (TPSA) is 113 Å². The van der Waals surface area contributed by atoms with Gasteiger partial charge in [0.1, 0.15) is 28.5 Å². The number of carbonyl (C=O) groups is 1. The summed E-state index contributed by atoms with van der Waals surface area (Å²) in [4.78, 5) is 17.3. The van der Waals surface area contributed by atoms with Crippen LogP contribution < -0.4 is 14.8 Å². The number of aryl methyl sites for hydroxylation is 3. The molecule has 0 saturated carbocycles. The number of hydrogen-bond acceptors (Lipinski definition) is 7. The first kappa shape index (κ1) is 23.0. The summed E-state index contributed by atoms with van der Waals surface area (Å²) in [5, 5.41) is 15.5. The Morgan fingerprint density at radius 3 is 2.67 bits per heavy atom. The van der Waals surface area contributed by atoms with Crippen LogP contribution >= 0.6 is 0 Å². The fourth-order valence-electron chi connectivity index (χ4n) is 3.72. The summed E-state index contributed by atoms with van der Waals surface area (Å²) in [6.07, 6.45) is 7.85. The average Bonchev–Trinajstić information content (AvgIpc) is 3.51. The van der Waals surface area contributed by atoms with Crippen molar-refractivity contribution in [3.05, 3.63) is 66.5 Å². The molecule has 0 spiro atoms. The van der Waals surface area contributed by atoms with Gasteiger partial charge in [0.15, 0.2) is 11.4 Å². The van der Waals surface area contributed by atoms with Gasteiger partial charge in [-0.1, -0.05) is 0 Å². The molecule has 1 aromatic carbocycles. The molecule has 1 amide bonds. The zero-order chi connectivity index (χ0) is 25.4. The van der Waals surface area contributed by atoms with Gasteiger partial charge in [0.2, 0.25) is 0 Å². The van der Waals surface area contributed by atoms with Gasteiger partial charge in [-0.25, -0.2) is 9.50 Å². The minimum Gasteiger partial charge on any atom is -0.454 e. The number of alkyl halides is 2. The second-order valence-electron chi connectivity index (χ2n) is 7.86. The standard InChI is InChI=1S/C23H20F2N8O3/c1-13-19(12-32(3)29-13)35-14-5-6-18(36-23(24)25)15(9-14)20-17(11-31(2)30-20)28-22(34)16-10-27-33-8-4-7-26-21(16)33/h4-12,23H,1-3H3,(H,28,34). The highest BCUT2D eigenvalue weighted by Crippen LogP contribution is 2.39. The number of nitrogens with one attached hydrogen (secondary N) is 1. The third kappa shape index (κ3) is 4.45. The maximum atomic E-state index is 13.2. The van der Waals surface area contributed by atoms with Gasteiger partial charge < -0.3 is 14.8 Å². The van der Waals surface area contributed by atoms with E-state index in [0.29, 0.717) is 22.8 Å². The van der Waals surface area contributed by atoms with Gasteiger partial charge in [-0.2, -0.15) is 24.1 Å². The number of aromatic nitrogens is 7. The molecule has 5 rings (SSSR count).